The molecule has 0 aromatic heterocycles. The van der Waals surface area contributed by atoms with E-state index in [4.69, 9.17) is 4.74 Å². The fraction of sp³-hybridized carbons (Fsp3) is 0.533. The molecule has 104 valence electrons. The van der Waals surface area contributed by atoms with Crippen molar-refractivity contribution >= 4 is 11.7 Å². The average molecular weight is 263 g/mol. The maximum atomic E-state index is 11.8. The van der Waals surface area contributed by atoms with Crippen molar-refractivity contribution in [2.45, 2.75) is 32.3 Å². The van der Waals surface area contributed by atoms with Gasteiger partial charge in [0, 0.05) is 17.8 Å². The predicted molar refractivity (Wildman–Crippen MR) is 74.1 cm³/mol. The zero-order valence-electron chi connectivity index (χ0n) is 11.3. The first-order valence-electron chi connectivity index (χ1n) is 6.90. The van der Waals surface area contributed by atoms with E-state index < -0.39 is 6.10 Å². The first-order chi connectivity index (χ1) is 9.22. The minimum atomic E-state index is -0.427. The van der Waals surface area contributed by atoms with Crippen molar-refractivity contribution in [2.75, 3.05) is 24.6 Å². The number of unbranched alkanes of at least 4 members (excludes halogenated alkanes) is 1. The monoisotopic (exact) mass is 263 g/mol. The van der Waals surface area contributed by atoms with Gasteiger partial charge >= 0.3 is 5.97 Å². The van der Waals surface area contributed by atoms with Gasteiger partial charge in [-0.05, 0) is 18.9 Å². The van der Waals surface area contributed by atoms with Gasteiger partial charge in [0.25, 0.3) is 0 Å². The van der Waals surface area contributed by atoms with E-state index in [0.29, 0.717) is 19.6 Å². The molecule has 0 amide bonds. The minimum Gasteiger partial charge on any atom is -0.464 e. The molecule has 0 aliphatic carbocycles. The fourth-order valence-electron chi connectivity index (χ4n) is 2.31. The van der Waals surface area contributed by atoms with Crippen molar-refractivity contribution in [1.29, 1.82) is 0 Å². The molecule has 2 rings (SSSR count). The molecule has 0 fully saturated rings. The number of carbonyl (C=O) groups is 1. The molecule has 1 aromatic carbocycles. The van der Waals surface area contributed by atoms with Crippen LogP contribution in [-0.4, -0.2) is 30.8 Å². The van der Waals surface area contributed by atoms with Crippen molar-refractivity contribution in [3.05, 3.63) is 29.8 Å². The number of anilines is 1. The van der Waals surface area contributed by atoms with Crippen LogP contribution < -0.4 is 4.90 Å². The molecule has 0 spiro atoms. The Balaban J connectivity index is 1.98. The Labute approximate surface area is 114 Å². The summed E-state index contributed by atoms with van der Waals surface area (Å²) in [6.07, 6.45) is 2.15. The number of fused-ring (bicyclic) bond motifs is 1. The molecule has 0 radical (unpaired) electrons. The van der Waals surface area contributed by atoms with Crippen molar-refractivity contribution < 1.29 is 14.6 Å². The Hall–Kier alpha value is -1.55. The highest BCUT2D eigenvalue weighted by Crippen LogP contribution is 2.33. The van der Waals surface area contributed by atoms with Crippen LogP contribution in [0.15, 0.2) is 24.3 Å². The molecule has 4 nitrogen and oxygen atoms in total. The van der Waals surface area contributed by atoms with Gasteiger partial charge in [-0.1, -0.05) is 31.5 Å². The van der Waals surface area contributed by atoms with Crippen LogP contribution in [0.5, 0.6) is 0 Å². The number of nitrogens with zero attached hydrogens (tertiary/aromatic N) is 1. The van der Waals surface area contributed by atoms with Crippen LogP contribution in [0.3, 0.4) is 0 Å². The lowest BCUT2D eigenvalue weighted by atomic mass is 9.99. The van der Waals surface area contributed by atoms with Gasteiger partial charge in [0.05, 0.1) is 12.7 Å². The zero-order valence-corrected chi connectivity index (χ0v) is 11.3. The first kappa shape index (κ1) is 13.9. The zero-order chi connectivity index (χ0) is 13.7. The molecule has 1 aliphatic heterocycles. The number of esters is 1. The standard InChI is InChI=1S/C15H21NO3/c1-2-3-10-19-15(18)11-16-9-8-14(17)12-6-4-5-7-13(12)16/h4-7,14,17H,2-3,8-11H2,1H3. The van der Waals surface area contributed by atoms with E-state index in [1.165, 1.54) is 0 Å². The Morgan fingerprint density at radius 3 is 3.05 bits per heavy atom. The average Bonchev–Trinajstić information content (AvgIpc) is 2.43. The number of hydrogen-bond donors (Lipinski definition) is 1. The van der Waals surface area contributed by atoms with Crippen LogP contribution in [0, 0.1) is 0 Å². The second-order valence-corrected chi connectivity index (χ2v) is 4.86. The molecule has 4 heteroatoms. The van der Waals surface area contributed by atoms with Crippen molar-refractivity contribution in [3.8, 4) is 0 Å². The molecule has 1 N–H and O–H groups in total. The third kappa shape index (κ3) is 3.47. The Morgan fingerprint density at radius 1 is 1.47 bits per heavy atom. The van der Waals surface area contributed by atoms with Gasteiger partial charge < -0.3 is 14.7 Å². The van der Waals surface area contributed by atoms with Gasteiger partial charge in [0.2, 0.25) is 0 Å². The largest absolute Gasteiger partial charge is 0.464 e. The lowest BCUT2D eigenvalue weighted by molar-refractivity contribution is -0.142. The van der Waals surface area contributed by atoms with E-state index in [2.05, 4.69) is 6.92 Å². The number of rotatable bonds is 5. The molecule has 1 aromatic rings. The van der Waals surface area contributed by atoms with Crippen molar-refractivity contribution in [2.24, 2.45) is 0 Å². The molecule has 1 heterocycles. The van der Waals surface area contributed by atoms with Crippen LogP contribution in [0.4, 0.5) is 5.69 Å². The van der Waals surface area contributed by atoms with Gasteiger partial charge in [0.1, 0.15) is 6.54 Å². The van der Waals surface area contributed by atoms with E-state index in [-0.39, 0.29) is 12.5 Å². The Kier molecular flexibility index (Phi) is 4.80. The highest BCUT2D eigenvalue weighted by atomic mass is 16.5. The summed E-state index contributed by atoms with van der Waals surface area (Å²) >= 11 is 0. The predicted octanol–water partition coefficient (Wildman–Crippen LogP) is 2.27. The van der Waals surface area contributed by atoms with E-state index >= 15 is 0 Å². The summed E-state index contributed by atoms with van der Waals surface area (Å²) in [4.78, 5) is 13.7. The molecule has 1 atom stereocenters. The van der Waals surface area contributed by atoms with Crippen LogP contribution in [0.2, 0.25) is 0 Å². The summed E-state index contributed by atoms with van der Waals surface area (Å²) in [5, 5.41) is 9.94. The highest BCUT2D eigenvalue weighted by Gasteiger charge is 2.24. The molecule has 19 heavy (non-hydrogen) atoms. The normalized spacial score (nSPS) is 18.0. The SMILES string of the molecule is CCCCOC(=O)CN1CCC(O)c2ccccc21. The third-order valence-electron chi connectivity index (χ3n) is 3.39. The molecule has 0 saturated carbocycles. The van der Waals surface area contributed by atoms with Crippen LogP contribution in [-0.2, 0) is 9.53 Å². The smallest absolute Gasteiger partial charge is 0.325 e. The summed E-state index contributed by atoms with van der Waals surface area (Å²) in [6.45, 7) is 3.50. The fourth-order valence-corrected chi connectivity index (χ4v) is 2.31. The summed E-state index contributed by atoms with van der Waals surface area (Å²) in [6, 6.07) is 7.68. The number of aliphatic hydroxyl groups is 1. The third-order valence-corrected chi connectivity index (χ3v) is 3.39. The first-order valence-corrected chi connectivity index (χ1v) is 6.90. The molecular weight excluding hydrogens is 242 g/mol. The van der Waals surface area contributed by atoms with Crippen LogP contribution in [0.1, 0.15) is 37.9 Å². The molecule has 0 saturated heterocycles. The Morgan fingerprint density at radius 2 is 2.26 bits per heavy atom. The number of carbonyl (C=O) groups excluding carboxylic acids is 1. The van der Waals surface area contributed by atoms with Gasteiger partial charge in [-0.3, -0.25) is 4.79 Å². The van der Waals surface area contributed by atoms with Crippen LogP contribution >= 0.6 is 0 Å². The second kappa shape index (κ2) is 6.57. The van der Waals surface area contributed by atoms with Crippen molar-refractivity contribution in [1.82, 2.24) is 0 Å². The van der Waals surface area contributed by atoms with Crippen molar-refractivity contribution in [3.63, 3.8) is 0 Å². The maximum Gasteiger partial charge on any atom is 0.325 e. The lowest BCUT2D eigenvalue weighted by Crippen LogP contribution is -2.36. The van der Waals surface area contributed by atoms with Crippen LogP contribution in [0.25, 0.3) is 0 Å². The number of ether oxygens (including phenoxy) is 1. The van der Waals surface area contributed by atoms with Gasteiger partial charge in [-0.25, -0.2) is 0 Å². The topological polar surface area (TPSA) is 49.8 Å². The molecular formula is C15H21NO3. The number of para-hydroxylation sites is 1. The van der Waals surface area contributed by atoms with E-state index in [1.807, 2.05) is 29.2 Å². The number of benzene rings is 1. The summed E-state index contributed by atoms with van der Waals surface area (Å²) in [5.74, 6) is -0.195. The van der Waals surface area contributed by atoms with Gasteiger partial charge in [0.15, 0.2) is 0 Å². The molecule has 1 aliphatic rings. The van der Waals surface area contributed by atoms with Gasteiger partial charge in [-0.15, -0.1) is 0 Å². The lowest BCUT2D eigenvalue weighted by Gasteiger charge is -2.32. The Bertz CT molecular complexity index is 433. The summed E-state index contributed by atoms with van der Waals surface area (Å²) in [7, 11) is 0. The second-order valence-electron chi connectivity index (χ2n) is 4.86. The highest BCUT2D eigenvalue weighted by molar-refractivity contribution is 5.76. The maximum absolute atomic E-state index is 11.8. The van der Waals surface area contributed by atoms with E-state index in [1.54, 1.807) is 0 Å². The quantitative estimate of drug-likeness (QED) is 0.654. The van der Waals surface area contributed by atoms with E-state index in [0.717, 1.165) is 24.1 Å². The minimum absolute atomic E-state index is 0.195. The number of aliphatic hydroxyl groups excluding tert-OH is 1. The van der Waals surface area contributed by atoms with Gasteiger partial charge in [-0.2, -0.15) is 0 Å². The summed E-state index contributed by atoms with van der Waals surface area (Å²) < 4.78 is 5.18. The van der Waals surface area contributed by atoms with E-state index in [9.17, 15) is 9.90 Å². The number of hydrogen-bond acceptors (Lipinski definition) is 4. The molecule has 0 bridgehead atoms. The molecule has 1 unspecified atom stereocenters. The summed E-state index contributed by atoms with van der Waals surface area (Å²) in [5.41, 5.74) is 1.84.